The van der Waals surface area contributed by atoms with Crippen LogP contribution in [0.15, 0.2) is 36.5 Å². The lowest BCUT2D eigenvalue weighted by atomic mass is 9.78. The van der Waals surface area contributed by atoms with E-state index in [1.165, 1.54) is 0 Å². The first-order chi connectivity index (χ1) is 9.27. The minimum Gasteiger partial charge on any atom is -0.387 e. The van der Waals surface area contributed by atoms with Gasteiger partial charge in [0.05, 0.1) is 23.1 Å². The van der Waals surface area contributed by atoms with Gasteiger partial charge in [0, 0.05) is 17.1 Å². The fourth-order valence-electron chi connectivity index (χ4n) is 3.10. The number of pyridine rings is 1. The third kappa shape index (κ3) is 1.89. The van der Waals surface area contributed by atoms with Crippen molar-refractivity contribution in [2.45, 2.75) is 31.8 Å². The second-order valence-corrected chi connectivity index (χ2v) is 5.30. The van der Waals surface area contributed by atoms with Crippen molar-refractivity contribution < 1.29 is 5.11 Å². The summed E-state index contributed by atoms with van der Waals surface area (Å²) in [6.07, 6.45) is 4.55. The zero-order valence-corrected chi connectivity index (χ0v) is 10.7. The third-order valence-corrected chi connectivity index (χ3v) is 4.20. The van der Waals surface area contributed by atoms with Crippen molar-refractivity contribution in [1.82, 2.24) is 4.98 Å². The second kappa shape index (κ2) is 4.64. The average molecular weight is 252 g/mol. The number of nitrogens with zero attached hydrogens (tertiary/aromatic N) is 2. The summed E-state index contributed by atoms with van der Waals surface area (Å²) in [6, 6.07) is 12.0. The Morgan fingerprint density at radius 1 is 1.21 bits per heavy atom. The molecule has 1 aliphatic carbocycles. The monoisotopic (exact) mass is 252 g/mol. The van der Waals surface area contributed by atoms with E-state index in [2.05, 4.69) is 11.1 Å². The summed E-state index contributed by atoms with van der Waals surface area (Å²) in [5.74, 6) is 0. The number of fused-ring (bicyclic) bond motifs is 1. The van der Waals surface area contributed by atoms with Gasteiger partial charge >= 0.3 is 0 Å². The lowest BCUT2D eigenvalue weighted by molar-refractivity contribution is 0.0682. The van der Waals surface area contributed by atoms with E-state index in [9.17, 15) is 10.4 Å². The summed E-state index contributed by atoms with van der Waals surface area (Å²) in [6.45, 7) is 0. The summed E-state index contributed by atoms with van der Waals surface area (Å²) in [7, 11) is 0. The van der Waals surface area contributed by atoms with Gasteiger partial charge in [-0.25, -0.2) is 0 Å². The summed E-state index contributed by atoms with van der Waals surface area (Å²) in [5, 5.41) is 21.2. The lowest BCUT2D eigenvalue weighted by Crippen LogP contribution is -2.24. The van der Waals surface area contributed by atoms with Crippen LogP contribution in [0, 0.1) is 16.7 Å². The molecule has 1 fully saturated rings. The molecule has 2 aromatic rings. The molecule has 1 aliphatic rings. The molecule has 1 N–H and O–H groups in total. The fourth-order valence-corrected chi connectivity index (χ4v) is 3.10. The van der Waals surface area contributed by atoms with E-state index in [-0.39, 0.29) is 0 Å². The quantitative estimate of drug-likeness (QED) is 0.891. The molecule has 19 heavy (non-hydrogen) atoms. The number of nitriles is 1. The molecule has 1 aromatic carbocycles. The molecule has 3 nitrogen and oxygen atoms in total. The Morgan fingerprint density at radius 3 is 2.68 bits per heavy atom. The largest absolute Gasteiger partial charge is 0.387 e. The summed E-state index contributed by atoms with van der Waals surface area (Å²) >= 11 is 0. The SMILES string of the molecule is N#CC1(C(O)c2cccc3cccnc23)CCCC1. The number of aromatic nitrogens is 1. The first kappa shape index (κ1) is 12.1. The van der Waals surface area contributed by atoms with Crippen molar-refractivity contribution in [2.75, 3.05) is 0 Å². The molecule has 1 aromatic heterocycles. The molecule has 0 spiro atoms. The highest BCUT2D eigenvalue weighted by atomic mass is 16.3. The molecule has 1 unspecified atom stereocenters. The Kier molecular flexibility index (Phi) is 2.96. The van der Waals surface area contributed by atoms with Crippen molar-refractivity contribution in [1.29, 1.82) is 5.26 Å². The summed E-state index contributed by atoms with van der Waals surface area (Å²) in [4.78, 5) is 4.37. The van der Waals surface area contributed by atoms with Crippen LogP contribution in [-0.2, 0) is 0 Å². The molecular formula is C16H16N2O. The zero-order valence-electron chi connectivity index (χ0n) is 10.7. The van der Waals surface area contributed by atoms with E-state index >= 15 is 0 Å². The number of aliphatic hydroxyl groups is 1. The van der Waals surface area contributed by atoms with Crippen LogP contribution in [0.3, 0.4) is 0 Å². The number of benzene rings is 1. The van der Waals surface area contributed by atoms with Gasteiger partial charge in [0.15, 0.2) is 0 Å². The summed E-state index contributed by atoms with van der Waals surface area (Å²) < 4.78 is 0. The van der Waals surface area contributed by atoms with Gasteiger partial charge in [-0.05, 0) is 18.9 Å². The van der Waals surface area contributed by atoms with Crippen LogP contribution < -0.4 is 0 Å². The van der Waals surface area contributed by atoms with Crippen molar-refractivity contribution in [2.24, 2.45) is 5.41 Å². The molecule has 0 aliphatic heterocycles. The van der Waals surface area contributed by atoms with Crippen LogP contribution in [0.1, 0.15) is 37.4 Å². The predicted octanol–water partition coefficient (Wildman–Crippen LogP) is 3.35. The topological polar surface area (TPSA) is 56.9 Å². The van der Waals surface area contributed by atoms with Gasteiger partial charge in [-0.3, -0.25) is 4.98 Å². The molecule has 96 valence electrons. The highest BCUT2D eigenvalue weighted by Crippen LogP contribution is 2.47. The van der Waals surface area contributed by atoms with Crippen LogP contribution in [0.4, 0.5) is 0 Å². The maximum atomic E-state index is 10.7. The van der Waals surface area contributed by atoms with Crippen molar-refractivity contribution in [3.05, 3.63) is 42.1 Å². The predicted molar refractivity (Wildman–Crippen MR) is 73.2 cm³/mol. The first-order valence-electron chi connectivity index (χ1n) is 6.70. The molecular weight excluding hydrogens is 236 g/mol. The fraction of sp³-hybridized carbons (Fsp3) is 0.375. The number of hydrogen-bond donors (Lipinski definition) is 1. The normalized spacial score (nSPS) is 19.2. The van der Waals surface area contributed by atoms with Crippen molar-refractivity contribution >= 4 is 10.9 Å². The highest BCUT2D eigenvalue weighted by molar-refractivity contribution is 5.82. The van der Waals surface area contributed by atoms with Gasteiger partial charge in [-0.1, -0.05) is 37.1 Å². The van der Waals surface area contributed by atoms with Gasteiger partial charge < -0.3 is 5.11 Å². The smallest absolute Gasteiger partial charge is 0.0997 e. The number of rotatable bonds is 2. The molecule has 0 radical (unpaired) electrons. The number of para-hydroxylation sites is 1. The minimum atomic E-state index is -0.751. The second-order valence-electron chi connectivity index (χ2n) is 5.30. The maximum Gasteiger partial charge on any atom is 0.0997 e. The number of aliphatic hydroxyl groups excluding tert-OH is 1. The van der Waals surface area contributed by atoms with Gasteiger partial charge in [0.1, 0.15) is 0 Å². The highest BCUT2D eigenvalue weighted by Gasteiger charge is 2.42. The van der Waals surface area contributed by atoms with Gasteiger partial charge in [0.25, 0.3) is 0 Å². The minimum absolute atomic E-state index is 0.633. The molecule has 1 atom stereocenters. The molecule has 3 rings (SSSR count). The Hall–Kier alpha value is -1.92. The molecule has 0 saturated heterocycles. The Balaban J connectivity index is 2.12. The molecule has 0 bridgehead atoms. The van der Waals surface area contributed by atoms with Crippen LogP contribution in [0.25, 0.3) is 10.9 Å². The van der Waals surface area contributed by atoms with Crippen molar-refractivity contribution in [3.8, 4) is 6.07 Å². The van der Waals surface area contributed by atoms with Crippen LogP contribution in [0.2, 0.25) is 0 Å². The van der Waals surface area contributed by atoms with Gasteiger partial charge in [-0.15, -0.1) is 0 Å². The lowest BCUT2D eigenvalue weighted by Gasteiger charge is -2.27. The zero-order chi connectivity index (χ0) is 13.3. The van der Waals surface area contributed by atoms with E-state index in [4.69, 9.17) is 0 Å². The third-order valence-electron chi connectivity index (χ3n) is 4.20. The molecule has 1 heterocycles. The summed E-state index contributed by atoms with van der Waals surface area (Å²) in [5.41, 5.74) is 0.951. The van der Waals surface area contributed by atoms with E-state index < -0.39 is 11.5 Å². The Bertz CT molecular complexity index is 633. The van der Waals surface area contributed by atoms with Crippen LogP contribution in [-0.4, -0.2) is 10.1 Å². The van der Waals surface area contributed by atoms with E-state index in [1.54, 1.807) is 6.20 Å². The number of hydrogen-bond acceptors (Lipinski definition) is 3. The van der Waals surface area contributed by atoms with E-state index in [0.29, 0.717) is 0 Å². The van der Waals surface area contributed by atoms with E-state index in [0.717, 1.165) is 42.1 Å². The van der Waals surface area contributed by atoms with Gasteiger partial charge in [-0.2, -0.15) is 5.26 Å². The Labute approximate surface area is 112 Å². The molecule has 0 amide bonds. The first-order valence-corrected chi connectivity index (χ1v) is 6.70. The Morgan fingerprint density at radius 2 is 1.95 bits per heavy atom. The van der Waals surface area contributed by atoms with E-state index in [1.807, 2.05) is 30.3 Å². The van der Waals surface area contributed by atoms with Gasteiger partial charge in [0.2, 0.25) is 0 Å². The molecule has 1 saturated carbocycles. The molecule has 3 heteroatoms. The standard InChI is InChI=1S/C16H16N2O/c17-11-16(8-1-2-9-16)15(19)13-7-3-5-12-6-4-10-18-14(12)13/h3-7,10,15,19H,1-2,8-9H2. The average Bonchev–Trinajstić information content (AvgIpc) is 2.96. The van der Waals surface area contributed by atoms with Crippen LogP contribution in [0.5, 0.6) is 0 Å². The van der Waals surface area contributed by atoms with Crippen LogP contribution >= 0.6 is 0 Å². The maximum absolute atomic E-state index is 10.7. The van der Waals surface area contributed by atoms with Crippen molar-refractivity contribution in [3.63, 3.8) is 0 Å².